The average molecular weight is 437 g/mol. The Hall–Kier alpha value is -1.79. The van der Waals surface area contributed by atoms with Crippen LogP contribution in [0.15, 0.2) is 30.9 Å². The van der Waals surface area contributed by atoms with E-state index >= 15 is 0 Å². The van der Waals surface area contributed by atoms with Crippen molar-refractivity contribution in [2.75, 3.05) is 33.8 Å². The van der Waals surface area contributed by atoms with Crippen molar-refractivity contribution in [1.82, 2.24) is 9.80 Å². The van der Waals surface area contributed by atoms with Crippen LogP contribution in [0.2, 0.25) is 0 Å². The van der Waals surface area contributed by atoms with E-state index in [4.69, 9.17) is 4.74 Å². The molecule has 0 aromatic heterocycles. The van der Waals surface area contributed by atoms with Gasteiger partial charge in [-0.1, -0.05) is 25.0 Å². The number of carbonyl (C=O) groups is 1. The van der Waals surface area contributed by atoms with Gasteiger partial charge in [0.1, 0.15) is 11.6 Å². The lowest BCUT2D eigenvalue weighted by Crippen LogP contribution is -2.41. The highest BCUT2D eigenvalue weighted by Gasteiger charge is 2.27. The predicted octanol–water partition coefficient (Wildman–Crippen LogP) is 4.97. The molecule has 31 heavy (non-hydrogen) atoms. The fraction of sp³-hybridized carbons (Fsp3) is 0.640. The molecule has 1 aromatic rings. The highest BCUT2D eigenvalue weighted by atomic mass is 19.1. The zero-order valence-electron chi connectivity index (χ0n) is 19.1. The van der Waals surface area contributed by atoms with Gasteiger partial charge in [-0.25, -0.2) is 8.78 Å². The van der Waals surface area contributed by atoms with Crippen molar-refractivity contribution in [2.24, 2.45) is 0 Å². The van der Waals surface area contributed by atoms with Gasteiger partial charge in [-0.2, -0.15) is 0 Å². The van der Waals surface area contributed by atoms with Crippen LogP contribution >= 0.6 is 0 Å². The van der Waals surface area contributed by atoms with E-state index < -0.39 is 11.6 Å². The van der Waals surface area contributed by atoms with Gasteiger partial charge in [0.2, 0.25) is 5.91 Å². The number of nitrogens with zero attached hydrogens (tertiary/aromatic N) is 2. The molecule has 6 heteroatoms. The number of halogens is 2. The fourth-order valence-corrected chi connectivity index (χ4v) is 4.15. The Labute approximate surface area is 186 Å². The van der Waals surface area contributed by atoms with Crippen molar-refractivity contribution in [3.05, 3.63) is 48.1 Å². The summed E-state index contributed by atoms with van der Waals surface area (Å²) in [4.78, 5) is 16.5. The fourth-order valence-electron chi connectivity index (χ4n) is 4.15. The zero-order chi connectivity index (χ0) is 22.6. The third-order valence-electron chi connectivity index (χ3n) is 6.17. The molecule has 0 N–H and O–H groups in total. The molecule has 1 aliphatic carbocycles. The van der Waals surface area contributed by atoms with Gasteiger partial charge >= 0.3 is 0 Å². The molecule has 0 spiro atoms. The Morgan fingerprint density at radius 3 is 2.52 bits per heavy atom. The van der Waals surface area contributed by atoms with Crippen LogP contribution in [0.1, 0.15) is 56.9 Å². The summed E-state index contributed by atoms with van der Waals surface area (Å²) in [6, 6.07) is 3.52. The van der Waals surface area contributed by atoms with Gasteiger partial charge in [0.05, 0.1) is 12.5 Å². The van der Waals surface area contributed by atoms with Crippen molar-refractivity contribution in [2.45, 2.75) is 69.9 Å². The number of rotatable bonds is 13. The number of unbranched alkanes of at least 4 members (excludes halogenated alkanes) is 3. The first-order chi connectivity index (χ1) is 14.9. The summed E-state index contributed by atoms with van der Waals surface area (Å²) >= 11 is 0. The van der Waals surface area contributed by atoms with E-state index in [0.29, 0.717) is 0 Å². The molecule has 0 atom stereocenters. The Morgan fingerprint density at radius 1 is 1.13 bits per heavy atom. The molecule has 1 aromatic carbocycles. The van der Waals surface area contributed by atoms with Crippen LogP contribution in [0.3, 0.4) is 0 Å². The summed E-state index contributed by atoms with van der Waals surface area (Å²) in [5, 5.41) is 0. The molecule has 0 aliphatic heterocycles. The van der Waals surface area contributed by atoms with Crippen LogP contribution in [-0.4, -0.2) is 61.6 Å². The SMILES string of the molecule is C=CCN(C)CCCCCCO[C@H]1CC[C@H](N(C)C(=O)Cc2ccc(F)cc2F)CC1. The molecule has 0 heterocycles. The highest BCUT2D eigenvalue weighted by molar-refractivity contribution is 5.78. The van der Waals surface area contributed by atoms with E-state index in [1.807, 2.05) is 6.08 Å². The smallest absolute Gasteiger partial charge is 0.227 e. The number of likely N-dealkylation sites (N-methyl/N-ethyl adjacent to an activating group) is 2. The van der Waals surface area contributed by atoms with Crippen molar-refractivity contribution >= 4 is 5.91 Å². The van der Waals surface area contributed by atoms with Gasteiger partial charge in [-0.15, -0.1) is 6.58 Å². The Balaban J connectivity index is 1.59. The zero-order valence-corrected chi connectivity index (χ0v) is 19.1. The number of ether oxygens (including phenoxy) is 1. The highest BCUT2D eigenvalue weighted by Crippen LogP contribution is 2.25. The van der Waals surface area contributed by atoms with Crippen LogP contribution in [0.25, 0.3) is 0 Å². The monoisotopic (exact) mass is 436 g/mol. The first kappa shape index (κ1) is 25.5. The third kappa shape index (κ3) is 9.08. The second-order valence-corrected chi connectivity index (χ2v) is 8.68. The van der Waals surface area contributed by atoms with E-state index in [0.717, 1.165) is 57.9 Å². The topological polar surface area (TPSA) is 32.8 Å². The molecule has 1 amide bonds. The van der Waals surface area contributed by atoms with Gasteiger partial charge < -0.3 is 14.5 Å². The minimum atomic E-state index is -0.664. The van der Waals surface area contributed by atoms with Crippen molar-refractivity contribution in [3.63, 3.8) is 0 Å². The average Bonchev–Trinajstić information content (AvgIpc) is 2.75. The summed E-state index contributed by atoms with van der Waals surface area (Å²) in [5.74, 6) is -1.42. The molecule has 4 nitrogen and oxygen atoms in total. The van der Waals surface area contributed by atoms with Gasteiger partial charge in [-0.3, -0.25) is 4.79 Å². The maximum Gasteiger partial charge on any atom is 0.227 e. The molecule has 1 aliphatic rings. The summed E-state index contributed by atoms with van der Waals surface area (Å²) in [6.45, 7) is 6.61. The normalized spacial score (nSPS) is 18.9. The van der Waals surface area contributed by atoms with Crippen LogP contribution in [0.4, 0.5) is 8.78 Å². The van der Waals surface area contributed by atoms with E-state index in [1.165, 1.54) is 31.4 Å². The quantitative estimate of drug-likeness (QED) is 0.323. The van der Waals surface area contributed by atoms with E-state index in [2.05, 4.69) is 18.5 Å². The summed E-state index contributed by atoms with van der Waals surface area (Å²) in [7, 11) is 3.90. The Bertz CT molecular complexity index is 690. The molecule has 0 bridgehead atoms. The molecule has 1 saturated carbocycles. The maximum absolute atomic E-state index is 13.8. The van der Waals surface area contributed by atoms with Crippen LogP contribution in [0, 0.1) is 11.6 Å². The third-order valence-corrected chi connectivity index (χ3v) is 6.17. The lowest BCUT2D eigenvalue weighted by molar-refractivity contribution is -0.132. The molecular weight excluding hydrogens is 398 g/mol. The van der Waals surface area contributed by atoms with Crippen molar-refractivity contribution in [1.29, 1.82) is 0 Å². The summed E-state index contributed by atoms with van der Waals surface area (Å²) in [6.07, 6.45) is 10.6. The van der Waals surface area contributed by atoms with Crippen LogP contribution < -0.4 is 0 Å². The van der Waals surface area contributed by atoms with E-state index in [1.54, 1.807) is 11.9 Å². The predicted molar refractivity (Wildman–Crippen MR) is 121 cm³/mol. The van der Waals surface area contributed by atoms with Gasteiger partial charge in [0, 0.05) is 32.3 Å². The van der Waals surface area contributed by atoms with Crippen molar-refractivity contribution < 1.29 is 18.3 Å². The molecule has 0 saturated heterocycles. The van der Waals surface area contributed by atoms with Gasteiger partial charge in [0.15, 0.2) is 0 Å². The first-order valence-electron chi connectivity index (χ1n) is 11.5. The number of amides is 1. The Morgan fingerprint density at radius 2 is 1.84 bits per heavy atom. The number of carbonyl (C=O) groups excluding carboxylic acids is 1. The lowest BCUT2D eigenvalue weighted by Gasteiger charge is -2.34. The largest absolute Gasteiger partial charge is 0.378 e. The summed E-state index contributed by atoms with van der Waals surface area (Å²) in [5.41, 5.74) is 0.239. The molecule has 174 valence electrons. The Kier molecular flexibility index (Phi) is 11.2. The molecule has 0 unspecified atom stereocenters. The number of hydrogen-bond acceptors (Lipinski definition) is 3. The molecule has 2 rings (SSSR count). The van der Waals surface area contributed by atoms with Crippen molar-refractivity contribution in [3.8, 4) is 0 Å². The lowest BCUT2D eigenvalue weighted by atomic mass is 9.91. The second-order valence-electron chi connectivity index (χ2n) is 8.68. The van der Waals surface area contributed by atoms with Crippen LogP contribution in [0.5, 0.6) is 0 Å². The number of hydrogen-bond donors (Lipinski definition) is 0. The molecule has 0 radical (unpaired) electrons. The maximum atomic E-state index is 13.8. The first-order valence-corrected chi connectivity index (χ1v) is 11.5. The minimum Gasteiger partial charge on any atom is -0.378 e. The van der Waals surface area contributed by atoms with Gasteiger partial charge in [0.25, 0.3) is 0 Å². The van der Waals surface area contributed by atoms with Gasteiger partial charge in [-0.05, 0) is 63.7 Å². The van der Waals surface area contributed by atoms with E-state index in [9.17, 15) is 13.6 Å². The number of benzene rings is 1. The van der Waals surface area contributed by atoms with E-state index in [-0.39, 0.29) is 30.0 Å². The summed E-state index contributed by atoms with van der Waals surface area (Å²) < 4.78 is 32.9. The standard InChI is InChI=1S/C25H38F2N2O2/c1-4-15-28(2)16-7-5-6-8-17-31-23-13-11-22(12-14-23)29(3)25(30)18-20-9-10-21(26)19-24(20)27/h4,9-10,19,22-23H,1,5-8,11-18H2,2-3H3/t22-,23-. The molecule has 1 fully saturated rings. The molecular formula is C25H38F2N2O2. The second kappa shape index (κ2) is 13.6. The minimum absolute atomic E-state index is 0.0393. The van der Waals surface area contributed by atoms with Crippen LogP contribution in [-0.2, 0) is 16.0 Å².